The number of hydrogen-bond acceptors (Lipinski definition) is 2. The molecule has 0 spiro atoms. The van der Waals surface area contributed by atoms with Crippen molar-refractivity contribution in [3.63, 3.8) is 0 Å². The number of rotatable bonds is 3. The SMILES string of the molecule is Cc1ccccc1CCN1C2CCCC1CC(=O)C2. The van der Waals surface area contributed by atoms with Gasteiger partial charge < -0.3 is 0 Å². The van der Waals surface area contributed by atoms with Gasteiger partial charge in [0.05, 0.1) is 0 Å². The number of hydrogen-bond donors (Lipinski definition) is 0. The quantitative estimate of drug-likeness (QED) is 0.829. The number of nitrogens with zero attached hydrogens (tertiary/aromatic N) is 1. The lowest BCUT2D eigenvalue weighted by Gasteiger charge is -2.45. The summed E-state index contributed by atoms with van der Waals surface area (Å²) in [5.74, 6) is 0.488. The summed E-state index contributed by atoms with van der Waals surface area (Å²) in [7, 11) is 0. The molecule has 1 aromatic rings. The van der Waals surface area contributed by atoms with E-state index in [0.29, 0.717) is 17.9 Å². The molecular formula is C17H23NO. The van der Waals surface area contributed by atoms with E-state index in [4.69, 9.17) is 0 Å². The largest absolute Gasteiger partial charge is 0.300 e. The van der Waals surface area contributed by atoms with E-state index in [1.165, 1.54) is 30.4 Å². The lowest BCUT2D eigenvalue weighted by atomic mass is 9.83. The van der Waals surface area contributed by atoms with Gasteiger partial charge in [0.25, 0.3) is 0 Å². The molecule has 0 aromatic heterocycles. The molecule has 19 heavy (non-hydrogen) atoms. The molecule has 0 radical (unpaired) electrons. The van der Waals surface area contributed by atoms with Crippen LogP contribution in [0.15, 0.2) is 24.3 Å². The van der Waals surface area contributed by atoms with Gasteiger partial charge in [-0.3, -0.25) is 9.69 Å². The van der Waals surface area contributed by atoms with Crippen molar-refractivity contribution in [3.05, 3.63) is 35.4 Å². The average molecular weight is 257 g/mol. The van der Waals surface area contributed by atoms with Gasteiger partial charge >= 0.3 is 0 Å². The number of aryl methyl sites for hydroxylation is 1. The lowest BCUT2D eigenvalue weighted by molar-refractivity contribution is -0.127. The maximum Gasteiger partial charge on any atom is 0.136 e. The first kappa shape index (κ1) is 12.9. The van der Waals surface area contributed by atoms with Gasteiger partial charge in [-0.05, 0) is 37.3 Å². The molecule has 0 amide bonds. The van der Waals surface area contributed by atoms with E-state index >= 15 is 0 Å². The van der Waals surface area contributed by atoms with E-state index in [1.54, 1.807) is 0 Å². The third-order valence-corrected chi connectivity index (χ3v) is 4.84. The number of piperidine rings is 2. The Labute approximate surface area is 115 Å². The van der Waals surface area contributed by atoms with Gasteiger partial charge in [0.15, 0.2) is 0 Å². The van der Waals surface area contributed by atoms with E-state index in [0.717, 1.165) is 25.8 Å². The van der Waals surface area contributed by atoms with Gasteiger partial charge in [-0.25, -0.2) is 0 Å². The van der Waals surface area contributed by atoms with Crippen molar-refractivity contribution < 1.29 is 4.79 Å². The van der Waals surface area contributed by atoms with Crippen LogP contribution in [-0.4, -0.2) is 29.3 Å². The number of benzene rings is 1. The van der Waals surface area contributed by atoms with Crippen molar-refractivity contribution in [2.75, 3.05) is 6.54 Å². The molecular weight excluding hydrogens is 234 g/mol. The summed E-state index contributed by atoms with van der Waals surface area (Å²) >= 11 is 0. The Balaban J connectivity index is 1.66. The summed E-state index contributed by atoms with van der Waals surface area (Å²) < 4.78 is 0. The molecule has 2 unspecified atom stereocenters. The average Bonchev–Trinajstić information content (AvgIpc) is 2.38. The number of carbonyl (C=O) groups is 1. The second kappa shape index (κ2) is 5.46. The maximum absolute atomic E-state index is 11.7. The summed E-state index contributed by atoms with van der Waals surface area (Å²) in [6, 6.07) is 9.72. The Kier molecular flexibility index (Phi) is 3.69. The summed E-state index contributed by atoms with van der Waals surface area (Å²) in [6.45, 7) is 3.31. The van der Waals surface area contributed by atoms with Crippen LogP contribution in [0.5, 0.6) is 0 Å². The first-order valence-electron chi connectivity index (χ1n) is 7.56. The number of Topliss-reactive ketones (excluding diaryl/α,β-unsaturated/α-hetero) is 1. The Morgan fingerprint density at radius 1 is 1.16 bits per heavy atom. The summed E-state index contributed by atoms with van der Waals surface area (Å²) in [5, 5.41) is 0. The predicted octanol–water partition coefficient (Wildman–Crippen LogP) is 3.12. The minimum Gasteiger partial charge on any atom is -0.300 e. The number of fused-ring (bicyclic) bond motifs is 2. The van der Waals surface area contributed by atoms with Crippen molar-refractivity contribution in [3.8, 4) is 0 Å². The highest BCUT2D eigenvalue weighted by molar-refractivity contribution is 5.80. The van der Waals surface area contributed by atoms with E-state index in [1.807, 2.05) is 0 Å². The van der Waals surface area contributed by atoms with Crippen LogP contribution in [0, 0.1) is 6.92 Å². The Hall–Kier alpha value is -1.15. The van der Waals surface area contributed by atoms with Crippen LogP contribution in [0.25, 0.3) is 0 Å². The fourth-order valence-corrected chi connectivity index (χ4v) is 3.77. The second-order valence-corrected chi connectivity index (χ2v) is 6.10. The molecule has 2 nitrogen and oxygen atoms in total. The number of carbonyl (C=O) groups excluding carboxylic acids is 1. The molecule has 2 bridgehead atoms. The molecule has 0 saturated carbocycles. The van der Waals surface area contributed by atoms with Crippen LogP contribution in [0.3, 0.4) is 0 Å². The van der Waals surface area contributed by atoms with Gasteiger partial charge in [0.1, 0.15) is 5.78 Å². The van der Waals surface area contributed by atoms with E-state index in [-0.39, 0.29) is 0 Å². The smallest absolute Gasteiger partial charge is 0.136 e. The molecule has 102 valence electrons. The topological polar surface area (TPSA) is 20.3 Å². The zero-order valence-corrected chi connectivity index (χ0v) is 11.8. The zero-order valence-electron chi connectivity index (χ0n) is 11.8. The van der Waals surface area contributed by atoms with Gasteiger partial charge in [-0.15, -0.1) is 0 Å². The van der Waals surface area contributed by atoms with Crippen molar-refractivity contribution in [1.29, 1.82) is 0 Å². The Morgan fingerprint density at radius 3 is 2.53 bits per heavy atom. The number of ketones is 1. The minimum absolute atomic E-state index is 0.488. The molecule has 2 heteroatoms. The van der Waals surface area contributed by atoms with Crippen molar-refractivity contribution in [2.24, 2.45) is 0 Å². The van der Waals surface area contributed by atoms with Gasteiger partial charge in [-0.1, -0.05) is 30.7 Å². The van der Waals surface area contributed by atoms with Crippen molar-refractivity contribution in [2.45, 2.75) is 57.5 Å². The standard InChI is InChI=1S/C17H23NO/c1-13-5-2-3-6-14(13)9-10-18-15-7-4-8-16(18)12-17(19)11-15/h2-3,5-6,15-16H,4,7-12H2,1H3. The predicted molar refractivity (Wildman–Crippen MR) is 77.3 cm³/mol. The highest BCUT2D eigenvalue weighted by Gasteiger charge is 2.36. The summed E-state index contributed by atoms with van der Waals surface area (Å²) in [6.07, 6.45) is 6.46. The third kappa shape index (κ3) is 2.74. The lowest BCUT2D eigenvalue weighted by Crippen LogP contribution is -2.52. The third-order valence-electron chi connectivity index (χ3n) is 4.84. The van der Waals surface area contributed by atoms with Crippen LogP contribution in [0.4, 0.5) is 0 Å². The zero-order chi connectivity index (χ0) is 13.2. The van der Waals surface area contributed by atoms with Gasteiger partial charge in [-0.2, -0.15) is 0 Å². The minimum atomic E-state index is 0.488. The van der Waals surface area contributed by atoms with Crippen LogP contribution in [-0.2, 0) is 11.2 Å². The van der Waals surface area contributed by atoms with E-state index < -0.39 is 0 Å². The van der Waals surface area contributed by atoms with Crippen LogP contribution >= 0.6 is 0 Å². The Bertz CT molecular complexity index is 452. The molecule has 2 heterocycles. The molecule has 3 rings (SSSR count). The fraction of sp³-hybridized carbons (Fsp3) is 0.588. The second-order valence-electron chi connectivity index (χ2n) is 6.10. The van der Waals surface area contributed by atoms with Crippen LogP contribution in [0.1, 0.15) is 43.2 Å². The molecule has 2 aliphatic heterocycles. The molecule has 0 N–H and O–H groups in total. The highest BCUT2D eigenvalue weighted by atomic mass is 16.1. The molecule has 1 aromatic carbocycles. The van der Waals surface area contributed by atoms with Crippen molar-refractivity contribution >= 4 is 5.78 Å². The summed E-state index contributed by atoms with van der Waals surface area (Å²) in [5.41, 5.74) is 2.85. The monoisotopic (exact) mass is 257 g/mol. The van der Waals surface area contributed by atoms with Gasteiger partial charge in [0, 0.05) is 31.5 Å². The molecule has 0 aliphatic carbocycles. The molecule has 2 aliphatic rings. The summed E-state index contributed by atoms with van der Waals surface area (Å²) in [4.78, 5) is 14.3. The molecule has 2 atom stereocenters. The fourth-order valence-electron chi connectivity index (χ4n) is 3.77. The highest BCUT2D eigenvalue weighted by Crippen LogP contribution is 2.32. The Morgan fingerprint density at radius 2 is 1.84 bits per heavy atom. The van der Waals surface area contributed by atoms with Crippen molar-refractivity contribution in [1.82, 2.24) is 4.90 Å². The maximum atomic E-state index is 11.7. The first-order chi connectivity index (χ1) is 9.24. The molecule has 2 saturated heterocycles. The normalized spacial score (nSPS) is 27.5. The molecule has 2 fully saturated rings. The van der Waals surface area contributed by atoms with Crippen LogP contribution < -0.4 is 0 Å². The van der Waals surface area contributed by atoms with Gasteiger partial charge in [0.2, 0.25) is 0 Å². The van der Waals surface area contributed by atoms with E-state index in [9.17, 15) is 4.79 Å². The first-order valence-corrected chi connectivity index (χ1v) is 7.56. The van der Waals surface area contributed by atoms with Crippen LogP contribution in [0.2, 0.25) is 0 Å². The van der Waals surface area contributed by atoms with E-state index in [2.05, 4.69) is 36.1 Å².